The quantitative estimate of drug-likeness (QED) is 0.493. The van der Waals surface area contributed by atoms with E-state index in [1.807, 2.05) is 6.92 Å². The monoisotopic (exact) mass is 547 g/mol. The summed E-state index contributed by atoms with van der Waals surface area (Å²) in [6, 6.07) is 4.00. The largest absolute Gasteiger partial charge is 0.391 e. The fourth-order valence-corrected chi connectivity index (χ4v) is 4.46. The van der Waals surface area contributed by atoms with Crippen LogP contribution >= 0.6 is 0 Å². The Hall–Kier alpha value is -2.60. The van der Waals surface area contributed by atoms with Gasteiger partial charge in [-0.2, -0.15) is 21.6 Å². The molecular weight excluding hydrogens is 514 g/mol. The zero-order valence-corrected chi connectivity index (χ0v) is 22.1. The number of imidazole rings is 1. The molecule has 0 spiro atoms. The lowest BCUT2D eigenvalue weighted by Crippen LogP contribution is -2.45. The fraction of sp³-hybridized carbons (Fsp3) is 0.600. The second-order valence-electron chi connectivity index (χ2n) is 9.74. The van der Waals surface area contributed by atoms with Crippen molar-refractivity contribution >= 4 is 17.5 Å². The molecule has 1 amide bonds. The molecule has 1 aromatic heterocycles. The fourth-order valence-electron chi connectivity index (χ4n) is 4.46. The standard InChI is InChI=1S/C25H33F4N3O2.O2S/c1-5-21-31-22(23(33)30-14-24(34)10-8-15(2)9-11-24)17(4)32(21)20-7-6-18(13-19(20)26)12-16(3)25(27,28)29;1-3-2/h6-7,13,15-16,34H,5,8-12,14H2,1-4H3,(H,30,33);. The van der Waals surface area contributed by atoms with Crippen molar-refractivity contribution in [2.24, 2.45) is 11.8 Å². The van der Waals surface area contributed by atoms with E-state index in [-0.39, 0.29) is 29.9 Å². The molecule has 7 nitrogen and oxygen atoms in total. The Labute approximate surface area is 217 Å². The highest BCUT2D eigenvalue weighted by molar-refractivity contribution is 7.51. The lowest BCUT2D eigenvalue weighted by atomic mass is 9.79. The molecular formula is C25H33F4N3O4S. The smallest absolute Gasteiger partial charge is 0.388 e. The first kappa shape index (κ1) is 30.6. The first-order chi connectivity index (χ1) is 17.3. The summed E-state index contributed by atoms with van der Waals surface area (Å²) in [6.07, 6.45) is -1.22. The number of halogens is 4. The number of aliphatic hydroxyl groups is 1. The van der Waals surface area contributed by atoms with Crippen LogP contribution in [0.1, 0.15) is 74.0 Å². The van der Waals surface area contributed by atoms with E-state index < -0.39 is 41.0 Å². The van der Waals surface area contributed by atoms with Gasteiger partial charge in [0.25, 0.3) is 5.91 Å². The van der Waals surface area contributed by atoms with Gasteiger partial charge in [-0.3, -0.25) is 9.36 Å². The number of hydrogen-bond acceptors (Lipinski definition) is 5. The van der Waals surface area contributed by atoms with E-state index in [9.17, 15) is 27.5 Å². The van der Waals surface area contributed by atoms with Crippen LogP contribution in [0.2, 0.25) is 0 Å². The molecule has 1 atom stereocenters. The van der Waals surface area contributed by atoms with Crippen LogP contribution in [0.25, 0.3) is 5.69 Å². The van der Waals surface area contributed by atoms with Crippen LogP contribution in [0, 0.1) is 24.6 Å². The molecule has 1 aromatic carbocycles. The minimum Gasteiger partial charge on any atom is -0.388 e. The number of alkyl halides is 3. The number of amides is 1. The van der Waals surface area contributed by atoms with Gasteiger partial charge in [0.15, 0.2) is 0 Å². The lowest BCUT2D eigenvalue weighted by molar-refractivity contribution is -0.169. The minimum atomic E-state index is -4.35. The first-order valence-corrected chi connectivity index (χ1v) is 12.8. The Kier molecular flexibility index (Phi) is 10.6. The van der Waals surface area contributed by atoms with Crippen molar-refractivity contribution in [2.45, 2.75) is 78.0 Å². The third-order valence-corrected chi connectivity index (χ3v) is 6.85. The van der Waals surface area contributed by atoms with E-state index in [0.29, 0.717) is 36.7 Å². The zero-order valence-electron chi connectivity index (χ0n) is 21.3. The van der Waals surface area contributed by atoms with E-state index in [1.165, 1.54) is 16.7 Å². The van der Waals surface area contributed by atoms with Gasteiger partial charge >= 0.3 is 17.7 Å². The molecule has 206 valence electrons. The maximum atomic E-state index is 15.0. The molecule has 1 heterocycles. The molecule has 3 rings (SSSR count). The van der Waals surface area contributed by atoms with E-state index in [0.717, 1.165) is 25.8 Å². The number of nitrogens with zero attached hydrogens (tertiary/aromatic N) is 2. The third-order valence-electron chi connectivity index (χ3n) is 6.85. The highest BCUT2D eigenvalue weighted by Gasteiger charge is 2.36. The Morgan fingerprint density at radius 1 is 1.30 bits per heavy atom. The van der Waals surface area contributed by atoms with Crippen molar-refractivity contribution in [1.82, 2.24) is 14.9 Å². The van der Waals surface area contributed by atoms with E-state index in [2.05, 4.69) is 17.2 Å². The molecule has 2 N–H and O–H groups in total. The van der Waals surface area contributed by atoms with Crippen molar-refractivity contribution in [3.63, 3.8) is 0 Å². The Balaban J connectivity index is 0.00000153. The van der Waals surface area contributed by atoms with Crippen LogP contribution in [0.15, 0.2) is 18.2 Å². The Bertz CT molecular complexity index is 1120. The Morgan fingerprint density at radius 2 is 1.89 bits per heavy atom. The zero-order chi connectivity index (χ0) is 28.0. The molecule has 0 bridgehead atoms. The second-order valence-corrected chi connectivity index (χ2v) is 9.88. The van der Waals surface area contributed by atoms with Crippen LogP contribution in [-0.2, 0) is 24.4 Å². The molecule has 2 aromatic rings. The van der Waals surface area contributed by atoms with Crippen molar-refractivity contribution < 1.29 is 35.9 Å². The van der Waals surface area contributed by atoms with Crippen LogP contribution < -0.4 is 5.32 Å². The number of rotatable bonds is 7. The van der Waals surface area contributed by atoms with Gasteiger partial charge in [0.05, 0.1) is 22.9 Å². The molecule has 0 saturated heterocycles. The van der Waals surface area contributed by atoms with Gasteiger partial charge in [-0.1, -0.05) is 26.8 Å². The van der Waals surface area contributed by atoms with Gasteiger partial charge in [-0.25, -0.2) is 9.37 Å². The molecule has 37 heavy (non-hydrogen) atoms. The van der Waals surface area contributed by atoms with Crippen LogP contribution in [-0.4, -0.2) is 47.3 Å². The predicted octanol–water partition coefficient (Wildman–Crippen LogP) is 4.62. The number of aromatic nitrogens is 2. The molecule has 1 fully saturated rings. The van der Waals surface area contributed by atoms with Gasteiger partial charge in [0, 0.05) is 13.0 Å². The first-order valence-electron chi connectivity index (χ1n) is 12.1. The molecule has 1 aliphatic carbocycles. The van der Waals surface area contributed by atoms with E-state index in [4.69, 9.17) is 8.42 Å². The second kappa shape index (κ2) is 12.8. The van der Waals surface area contributed by atoms with Gasteiger partial charge in [0.2, 0.25) is 0 Å². The average molecular weight is 548 g/mol. The highest BCUT2D eigenvalue weighted by Crippen LogP contribution is 2.32. The Morgan fingerprint density at radius 3 is 2.41 bits per heavy atom. The summed E-state index contributed by atoms with van der Waals surface area (Å²) in [5.74, 6) is -1.70. The van der Waals surface area contributed by atoms with Crippen LogP contribution in [0.3, 0.4) is 0 Å². The van der Waals surface area contributed by atoms with Crippen molar-refractivity contribution in [3.05, 3.63) is 46.8 Å². The molecule has 1 unspecified atom stereocenters. The summed E-state index contributed by atoms with van der Waals surface area (Å²) in [4.78, 5) is 17.3. The van der Waals surface area contributed by atoms with Crippen LogP contribution in [0.5, 0.6) is 0 Å². The van der Waals surface area contributed by atoms with Crippen molar-refractivity contribution in [1.29, 1.82) is 0 Å². The maximum Gasteiger partial charge on any atom is 0.391 e. The minimum absolute atomic E-state index is 0.118. The van der Waals surface area contributed by atoms with Crippen molar-refractivity contribution in [2.75, 3.05) is 6.54 Å². The summed E-state index contributed by atoms with van der Waals surface area (Å²) in [5.41, 5.74) is -0.00587. The van der Waals surface area contributed by atoms with Gasteiger partial charge < -0.3 is 10.4 Å². The van der Waals surface area contributed by atoms with Crippen molar-refractivity contribution in [3.8, 4) is 5.69 Å². The van der Waals surface area contributed by atoms with Gasteiger partial charge in [0.1, 0.15) is 17.3 Å². The number of carbonyl (C=O) groups excluding carboxylic acids is 1. The number of aryl methyl sites for hydroxylation is 1. The number of hydrogen-bond donors (Lipinski definition) is 2. The number of carbonyl (C=O) groups is 1. The summed E-state index contributed by atoms with van der Waals surface area (Å²) in [7, 11) is 0. The summed E-state index contributed by atoms with van der Waals surface area (Å²) < 4.78 is 71.7. The number of nitrogens with one attached hydrogen (secondary N) is 1. The number of benzene rings is 1. The molecule has 0 radical (unpaired) electrons. The predicted molar refractivity (Wildman–Crippen MR) is 130 cm³/mol. The summed E-state index contributed by atoms with van der Waals surface area (Å²) >= 11 is -0.750. The van der Waals surface area contributed by atoms with E-state index in [1.54, 1.807) is 6.92 Å². The summed E-state index contributed by atoms with van der Waals surface area (Å²) in [6.45, 7) is 6.80. The lowest BCUT2D eigenvalue weighted by Gasteiger charge is -2.34. The molecule has 12 heteroatoms. The third kappa shape index (κ3) is 7.94. The molecule has 0 aliphatic heterocycles. The van der Waals surface area contributed by atoms with Crippen LogP contribution in [0.4, 0.5) is 17.6 Å². The maximum absolute atomic E-state index is 15.0. The van der Waals surface area contributed by atoms with Gasteiger partial charge in [-0.05, 0) is 62.6 Å². The molecule has 1 aliphatic rings. The highest BCUT2D eigenvalue weighted by atomic mass is 32.1. The normalized spacial score (nSPS) is 20.5. The molecule has 1 saturated carbocycles. The van der Waals surface area contributed by atoms with Gasteiger partial charge in [-0.15, -0.1) is 0 Å². The van der Waals surface area contributed by atoms with E-state index >= 15 is 0 Å². The summed E-state index contributed by atoms with van der Waals surface area (Å²) in [5, 5.41) is 13.5. The average Bonchev–Trinajstić information content (AvgIpc) is 3.16. The SMILES string of the molecule is CCc1nc(C(=O)NCC2(O)CCC(C)CC2)c(C)n1-c1ccc(CC(C)C(F)(F)F)cc1F.O=S=O. The topological polar surface area (TPSA) is 101 Å².